The van der Waals surface area contributed by atoms with Crippen LogP contribution in [-0.2, 0) is 11.2 Å². The van der Waals surface area contributed by atoms with E-state index in [1.807, 2.05) is 55.5 Å². The third kappa shape index (κ3) is 4.95. The van der Waals surface area contributed by atoms with Crippen LogP contribution in [0.2, 0.25) is 0 Å². The standard InChI is InChI=1S/C20H17N5O2S2/c1-12-6-8-13(9-7-12)21-18(27)25-19-22-14(11-28-19)10-17(26)24-20-23-15-4-2-3-5-16(15)29-20/h2-9,11H,10H2,1H3,(H,23,24,26)(H2,21,22,25,27). The van der Waals surface area contributed by atoms with Gasteiger partial charge in [0.15, 0.2) is 10.3 Å². The first-order chi connectivity index (χ1) is 14.0. The average Bonchev–Trinajstić information content (AvgIpc) is 3.29. The number of urea groups is 1. The van der Waals surface area contributed by atoms with E-state index in [9.17, 15) is 9.59 Å². The Morgan fingerprint density at radius 1 is 0.931 bits per heavy atom. The highest BCUT2D eigenvalue weighted by molar-refractivity contribution is 7.22. The van der Waals surface area contributed by atoms with Crippen LogP contribution in [0.5, 0.6) is 0 Å². The average molecular weight is 424 g/mol. The maximum atomic E-state index is 12.3. The summed E-state index contributed by atoms with van der Waals surface area (Å²) in [5.41, 5.74) is 3.25. The summed E-state index contributed by atoms with van der Waals surface area (Å²) in [6.45, 7) is 1.98. The minimum atomic E-state index is -0.381. The van der Waals surface area contributed by atoms with Crippen molar-refractivity contribution in [1.82, 2.24) is 9.97 Å². The van der Waals surface area contributed by atoms with Gasteiger partial charge in [-0.3, -0.25) is 10.1 Å². The molecule has 0 aliphatic carbocycles. The fourth-order valence-corrected chi connectivity index (χ4v) is 4.18. The molecule has 0 spiro atoms. The Morgan fingerprint density at radius 3 is 2.52 bits per heavy atom. The van der Waals surface area contributed by atoms with Crippen molar-refractivity contribution in [2.45, 2.75) is 13.3 Å². The number of carbonyl (C=O) groups excluding carboxylic acids is 2. The van der Waals surface area contributed by atoms with Gasteiger partial charge in [-0.15, -0.1) is 11.3 Å². The molecule has 7 nitrogen and oxygen atoms in total. The Hall–Kier alpha value is -3.30. The number of nitrogens with zero attached hydrogens (tertiary/aromatic N) is 2. The topological polar surface area (TPSA) is 96.0 Å². The van der Waals surface area contributed by atoms with E-state index in [1.54, 1.807) is 5.38 Å². The zero-order valence-electron chi connectivity index (χ0n) is 15.4. The molecular formula is C20H17N5O2S2. The second-order valence-corrected chi connectivity index (χ2v) is 8.19. The number of para-hydroxylation sites is 1. The third-order valence-corrected chi connectivity index (χ3v) is 5.72. The largest absolute Gasteiger partial charge is 0.325 e. The van der Waals surface area contributed by atoms with Gasteiger partial charge in [0.1, 0.15) is 0 Å². The van der Waals surface area contributed by atoms with Gasteiger partial charge < -0.3 is 10.6 Å². The zero-order chi connectivity index (χ0) is 20.2. The molecule has 2 aromatic carbocycles. The minimum Gasteiger partial charge on any atom is -0.308 e. The first kappa shape index (κ1) is 19.0. The molecule has 0 aliphatic rings. The molecule has 146 valence electrons. The second-order valence-electron chi connectivity index (χ2n) is 6.30. The van der Waals surface area contributed by atoms with Crippen molar-refractivity contribution >= 4 is 60.8 Å². The number of aromatic nitrogens is 2. The quantitative estimate of drug-likeness (QED) is 0.426. The van der Waals surface area contributed by atoms with Crippen LogP contribution in [0.15, 0.2) is 53.9 Å². The summed E-state index contributed by atoms with van der Waals surface area (Å²) >= 11 is 2.69. The van der Waals surface area contributed by atoms with Crippen LogP contribution in [0.3, 0.4) is 0 Å². The fourth-order valence-electron chi connectivity index (χ4n) is 2.60. The van der Waals surface area contributed by atoms with E-state index in [0.717, 1.165) is 15.8 Å². The number of rotatable bonds is 5. The van der Waals surface area contributed by atoms with Crippen molar-refractivity contribution in [1.29, 1.82) is 0 Å². The van der Waals surface area contributed by atoms with Gasteiger partial charge in [-0.2, -0.15) is 0 Å². The number of nitrogens with one attached hydrogen (secondary N) is 3. The highest BCUT2D eigenvalue weighted by Crippen LogP contribution is 2.25. The molecule has 0 saturated carbocycles. The molecular weight excluding hydrogens is 406 g/mol. The van der Waals surface area contributed by atoms with Gasteiger partial charge in [-0.25, -0.2) is 14.8 Å². The molecule has 3 amide bonds. The Kier molecular flexibility index (Phi) is 5.50. The summed E-state index contributed by atoms with van der Waals surface area (Å²) in [6.07, 6.45) is 0.105. The molecule has 2 heterocycles. The summed E-state index contributed by atoms with van der Waals surface area (Å²) in [5.74, 6) is -0.204. The number of anilines is 3. The van der Waals surface area contributed by atoms with Crippen molar-refractivity contribution < 1.29 is 9.59 Å². The molecule has 0 bridgehead atoms. The van der Waals surface area contributed by atoms with Crippen LogP contribution in [-0.4, -0.2) is 21.9 Å². The molecule has 0 aliphatic heterocycles. The molecule has 0 saturated heterocycles. The van der Waals surface area contributed by atoms with Crippen LogP contribution in [0.4, 0.5) is 20.7 Å². The van der Waals surface area contributed by atoms with E-state index in [2.05, 4.69) is 25.9 Å². The summed E-state index contributed by atoms with van der Waals surface area (Å²) in [6, 6.07) is 14.8. The third-order valence-electron chi connectivity index (χ3n) is 3.96. The highest BCUT2D eigenvalue weighted by atomic mass is 32.1. The summed E-state index contributed by atoms with van der Waals surface area (Å²) in [7, 11) is 0. The number of aryl methyl sites for hydroxylation is 1. The summed E-state index contributed by atoms with van der Waals surface area (Å²) in [4.78, 5) is 33.0. The number of hydrogen-bond donors (Lipinski definition) is 3. The fraction of sp³-hybridized carbons (Fsp3) is 0.100. The molecule has 4 rings (SSSR count). The molecule has 0 radical (unpaired) electrons. The second kappa shape index (κ2) is 8.38. The molecule has 0 atom stereocenters. The van der Waals surface area contributed by atoms with Crippen molar-refractivity contribution in [2.75, 3.05) is 16.0 Å². The molecule has 0 fully saturated rings. The first-order valence-corrected chi connectivity index (χ1v) is 10.5. The molecule has 29 heavy (non-hydrogen) atoms. The smallest absolute Gasteiger partial charge is 0.308 e. The number of carbonyl (C=O) groups is 2. The monoisotopic (exact) mass is 423 g/mol. The molecule has 2 aromatic heterocycles. The van der Waals surface area contributed by atoms with Crippen molar-refractivity contribution in [3.05, 3.63) is 65.2 Å². The molecule has 4 aromatic rings. The summed E-state index contributed by atoms with van der Waals surface area (Å²) < 4.78 is 1.02. The van der Waals surface area contributed by atoms with Crippen molar-refractivity contribution in [2.24, 2.45) is 0 Å². The molecule has 3 N–H and O–H groups in total. The van der Waals surface area contributed by atoms with Crippen LogP contribution >= 0.6 is 22.7 Å². The maximum Gasteiger partial charge on any atom is 0.325 e. The SMILES string of the molecule is Cc1ccc(NC(=O)Nc2nc(CC(=O)Nc3nc4ccccc4s3)cs2)cc1. The lowest BCUT2D eigenvalue weighted by molar-refractivity contribution is -0.115. The number of fused-ring (bicyclic) bond motifs is 1. The van der Waals surface area contributed by atoms with E-state index >= 15 is 0 Å². The number of thiazole rings is 2. The van der Waals surface area contributed by atoms with Gasteiger partial charge in [0.25, 0.3) is 0 Å². The minimum absolute atomic E-state index is 0.105. The highest BCUT2D eigenvalue weighted by Gasteiger charge is 2.12. The number of benzene rings is 2. The van der Waals surface area contributed by atoms with Crippen LogP contribution < -0.4 is 16.0 Å². The lowest BCUT2D eigenvalue weighted by atomic mass is 10.2. The number of amides is 3. The van der Waals surface area contributed by atoms with E-state index in [1.165, 1.54) is 22.7 Å². The van der Waals surface area contributed by atoms with E-state index in [0.29, 0.717) is 21.6 Å². The Balaban J connectivity index is 1.31. The Labute approximate surface area is 174 Å². The summed E-state index contributed by atoms with van der Waals surface area (Å²) in [5, 5.41) is 11.0. The lowest BCUT2D eigenvalue weighted by Gasteiger charge is -2.05. The van der Waals surface area contributed by atoms with Crippen LogP contribution in [0.25, 0.3) is 10.2 Å². The number of hydrogen-bond acceptors (Lipinski definition) is 6. The predicted molar refractivity (Wildman–Crippen MR) is 118 cm³/mol. The van der Waals surface area contributed by atoms with Gasteiger partial charge >= 0.3 is 6.03 Å². The van der Waals surface area contributed by atoms with Crippen molar-refractivity contribution in [3.63, 3.8) is 0 Å². The van der Waals surface area contributed by atoms with Crippen LogP contribution in [0.1, 0.15) is 11.3 Å². The van der Waals surface area contributed by atoms with Gasteiger partial charge in [0.05, 0.1) is 22.3 Å². The predicted octanol–water partition coefficient (Wildman–Crippen LogP) is 4.89. The van der Waals surface area contributed by atoms with Gasteiger partial charge in [-0.1, -0.05) is 41.2 Å². The van der Waals surface area contributed by atoms with Crippen LogP contribution in [0, 0.1) is 6.92 Å². The first-order valence-electron chi connectivity index (χ1n) is 8.80. The van der Waals surface area contributed by atoms with Gasteiger partial charge in [-0.05, 0) is 31.2 Å². The van der Waals surface area contributed by atoms with Gasteiger partial charge in [0, 0.05) is 11.1 Å². The molecule has 9 heteroatoms. The Morgan fingerprint density at radius 2 is 1.72 bits per heavy atom. The van der Waals surface area contributed by atoms with E-state index < -0.39 is 0 Å². The molecule has 0 unspecified atom stereocenters. The van der Waals surface area contributed by atoms with E-state index in [4.69, 9.17) is 0 Å². The van der Waals surface area contributed by atoms with Gasteiger partial charge in [0.2, 0.25) is 5.91 Å². The lowest BCUT2D eigenvalue weighted by Crippen LogP contribution is -2.19. The van der Waals surface area contributed by atoms with Crippen molar-refractivity contribution in [3.8, 4) is 0 Å². The van der Waals surface area contributed by atoms with E-state index in [-0.39, 0.29) is 18.4 Å². The maximum absolute atomic E-state index is 12.3. The Bertz CT molecular complexity index is 1130. The normalized spacial score (nSPS) is 10.7. The zero-order valence-corrected chi connectivity index (χ0v) is 17.1.